The lowest BCUT2D eigenvalue weighted by Crippen LogP contribution is -2.35. The van der Waals surface area contributed by atoms with Crippen molar-refractivity contribution in [3.05, 3.63) is 53.8 Å². The van der Waals surface area contributed by atoms with E-state index in [1.807, 2.05) is 0 Å². The molecule has 0 aliphatic carbocycles. The molecule has 2 aliphatic heterocycles. The van der Waals surface area contributed by atoms with Crippen molar-refractivity contribution in [3.63, 3.8) is 0 Å². The van der Waals surface area contributed by atoms with Gasteiger partial charge in [-0.2, -0.15) is 0 Å². The third kappa shape index (κ3) is 4.17. The fraction of sp³-hybridized carbons (Fsp3) is 0.211. The molecule has 1 amide bonds. The minimum absolute atomic E-state index is 0.0685. The van der Waals surface area contributed by atoms with Gasteiger partial charge in [0.15, 0.2) is 11.3 Å². The average Bonchev–Trinajstić information content (AvgIpc) is 3.04. The predicted molar refractivity (Wildman–Crippen MR) is 111 cm³/mol. The van der Waals surface area contributed by atoms with E-state index in [1.54, 1.807) is 23.1 Å². The minimum Gasteiger partial charge on any atom is -0.449 e. The summed E-state index contributed by atoms with van der Waals surface area (Å²) in [6.07, 6.45) is -1.08. The van der Waals surface area contributed by atoms with Crippen LogP contribution < -0.4 is 10.2 Å². The number of sulfonamides is 1. The van der Waals surface area contributed by atoms with Gasteiger partial charge in [-0.05, 0) is 61.2 Å². The third-order valence-corrected chi connectivity index (χ3v) is 6.78. The lowest BCUT2D eigenvalue weighted by Gasteiger charge is -2.22. The monoisotopic (exact) mass is 449 g/mol. The maximum atomic E-state index is 12.9. The van der Waals surface area contributed by atoms with Crippen LogP contribution in [-0.4, -0.2) is 43.9 Å². The van der Waals surface area contributed by atoms with Gasteiger partial charge in [0.1, 0.15) is 5.82 Å². The van der Waals surface area contributed by atoms with Crippen molar-refractivity contribution in [1.29, 1.82) is 0 Å². The number of carbonyl (C=O) groups excluding carboxylic acids is 2. The third-order valence-electron chi connectivity index (χ3n) is 4.47. The Bertz CT molecular complexity index is 1170. The highest BCUT2D eigenvalue weighted by molar-refractivity contribution is 8.15. The van der Waals surface area contributed by atoms with Crippen molar-refractivity contribution in [1.82, 2.24) is 0 Å². The summed E-state index contributed by atoms with van der Waals surface area (Å²) >= 11 is 1.16. The number of ether oxygens (including phenoxy) is 1. The fourth-order valence-electron chi connectivity index (χ4n) is 2.92. The van der Waals surface area contributed by atoms with Crippen LogP contribution in [0.25, 0.3) is 0 Å². The normalized spacial score (nSPS) is 17.4. The lowest BCUT2D eigenvalue weighted by atomic mass is 10.2. The van der Waals surface area contributed by atoms with Gasteiger partial charge in [0.05, 0.1) is 17.0 Å². The Morgan fingerprint density at radius 2 is 1.97 bits per heavy atom. The molecule has 0 radical (unpaired) electrons. The predicted octanol–water partition coefficient (Wildman–Crippen LogP) is 2.62. The van der Waals surface area contributed by atoms with Crippen LogP contribution >= 0.6 is 11.8 Å². The number of amidine groups is 1. The van der Waals surface area contributed by atoms with Gasteiger partial charge in [0.25, 0.3) is 15.9 Å². The topological polar surface area (TPSA) is 105 Å². The molecule has 30 heavy (non-hydrogen) atoms. The molecule has 2 aromatic carbocycles. The molecule has 0 aromatic heterocycles. The first-order chi connectivity index (χ1) is 14.2. The molecule has 0 spiro atoms. The Balaban J connectivity index is 1.44. The number of fused-ring (bicyclic) bond motifs is 3. The number of anilines is 2. The standard InChI is InChI=1S/C19H16FN3O5S2/c1-11(17(24)21-14-5-3-13(20)4-6-14)28-18(25)12-2-7-15-16(10-12)29-19-22-30(26,27)9-8-23(15)19/h2-7,10-11H,8-9H2,1H3,(H,21,24)/t11-/m1/s1. The molecule has 0 unspecified atom stereocenters. The van der Waals surface area contributed by atoms with E-state index in [-0.39, 0.29) is 11.3 Å². The number of benzene rings is 2. The van der Waals surface area contributed by atoms with E-state index >= 15 is 0 Å². The Morgan fingerprint density at radius 3 is 2.70 bits per heavy atom. The first kappa shape index (κ1) is 20.4. The van der Waals surface area contributed by atoms with Crippen LogP contribution in [0.2, 0.25) is 0 Å². The first-order valence-electron chi connectivity index (χ1n) is 8.91. The average molecular weight is 449 g/mol. The quantitative estimate of drug-likeness (QED) is 0.716. The van der Waals surface area contributed by atoms with Crippen LogP contribution in [0.5, 0.6) is 0 Å². The zero-order valence-corrected chi connectivity index (χ0v) is 17.3. The van der Waals surface area contributed by atoms with Gasteiger partial charge in [-0.15, -0.1) is 4.40 Å². The molecule has 1 N–H and O–H groups in total. The summed E-state index contributed by atoms with van der Waals surface area (Å²) in [6, 6.07) is 10.0. The molecule has 156 valence electrons. The van der Waals surface area contributed by atoms with Crippen LogP contribution in [0.15, 0.2) is 51.8 Å². The van der Waals surface area contributed by atoms with E-state index in [0.717, 1.165) is 17.4 Å². The van der Waals surface area contributed by atoms with Crippen molar-refractivity contribution < 1.29 is 27.1 Å². The highest BCUT2D eigenvalue weighted by atomic mass is 32.2. The zero-order chi connectivity index (χ0) is 21.5. The summed E-state index contributed by atoms with van der Waals surface area (Å²) in [5, 5.41) is 2.90. The highest BCUT2D eigenvalue weighted by Crippen LogP contribution is 2.42. The zero-order valence-electron chi connectivity index (χ0n) is 15.7. The van der Waals surface area contributed by atoms with Crippen molar-refractivity contribution in [2.24, 2.45) is 4.40 Å². The summed E-state index contributed by atoms with van der Waals surface area (Å²) < 4.78 is 45.3. The number of esters is 1. The number of halogens is 1. The van der Waals surface area contributed by atoms with Crippen LogP contribution in [0.3, 0.4) is 0 Å². The molecule has 2 aromatic rings. The molecule has 8 nitrogen and oxygen atoms in total. The Morgan fingerprint density at radius 1 is 1.23 bits per heavy atom. The highest BCUT2D eigenvalue weighted by Gasteiger charge is 2.33. The Hall–Kier alpha value is -2.92. The Labute approximate surface area is 176 Å². The van der Waals surface area contributed by atoms with E-state index in [1.165, 1.54) is 31.2 Å². The number of amides is 1. The number of thioether (sulfide) groups is 1. The summed E-state index contributed by atoms with van der Waals surface area (Å²) in [5.41, 5.74) is 1.38. The second-order valence-corrected chi connectivity index (χ2v) is 9.40. The molecule has 2 heterocycles. The van der Waals surface area contributed by atoms with Gasteiger partial charge < -0.3 is 15.0 Å². The number of hydrogen-bond donors (Lipinski definition) is 1. The van der Waals surface area contributed by atoms with Crippen molar-refractivity contribution in [2.75, 3.05) is 22.5 Å². The van der Waals surface area contributed by atoms with Crippen LogP contribution in [0.1, 0.15) is 17.3 Å². The largest absolute Gasteiger partial charge is 0.449 e. The van der Waals surface area contributed by atoms with Gasteiger partial charge in [0, 0.05) is 17.1 Å². The molecule has 0 fully saturated rings. The molecule has 1 atom stereocenters. The van der Waals surface area contributed by atoms with E-state index < -0.39 is 33.8 Å². The molecular formula is C19H16FN3O5S2. The van der Waals surface area contributed by atoms with Crippen LogP contribution in [0.4, 0.5) is 15.8 Å². The minimum atomic E-state index is -3.47. The van der Waals surface area contributed by atoms with E-state index in [4.69, 9.17) is 4.74 Å². The SMILES string of the molecule is C[C@@H](OC(=O)c1ccc2c(c1)SC1=NS(=O)(=O)CCN12)C(=O)Nc1ccc(F)cc1. The van der Waals surface area contributed by atoms with Gasteiger partial charge in [-0.3, -0.25) is 4.79 Å². The van der Waals surface area contributed by atoms with Gasteiger partial charge in [-0.1, -0.05) is 0 Å². The number of rotatable bonds is 4. The number of nitrogens with zero attached hydrogens (tertiary/aromatic N) is 2. The second-order valence-electron chi connectivity index (χ2n) is 6.64. The summed E-state index contributed by atoms with van der Waals surface area (Å²) in [4.78, 5) is 27.2. The molecule has 2 aliphatic rings. The molecule has 0 saturated carbocycles. The molecule has 11 heteroatoms. The van der Waals surface area contributed by atoms with E-state index in [2.05, 4.69) is 9.71 Å². The number of hydrogen-bond acceptors (Lipinski definition) is 7. The van der Waals surface area contributed by atoms with Gasteiger partial charge in [0.2, 0.25) is 0 Å². The van der Waals surface area contributed by atoms with Crippen molar-refractivity contribution >= 4 is 50.2 Å². The summed E-state index contributed by atoms with van der Waals surface area (Å²) in [7, 11) is -3.47. The lowest BCUT2D eigenvalue weighted by molar-refractivity contribution is -0.123. The number of nitrogens with one attached hydrogen (secondary N) is 1. The molecule has 0 saturated heterocycles. The number of carbonyl (C=O) groups is 2. The van der Waals surface area contributed by atoms with Crippen molar-refractivity contribution in [2.45, 2.75) is 17.9 Å². The first-order valence-corrected chi connectivity index (χ1v) is 11.3. The van der Waals surface area contributed by atoms with Crippen LogP contribution in [-0.2, 0) is 19.6 Å². The Kier molecular flexibility index (Phi) is 5.24. The summed E-state index contributed by atoms with van der Waals surface area (Å²) in [6.45, 7) is 1.73. The van der Waals surface area contributed by atoms with Crippen LogP contribution in [0, 0.1) is 5.82 Å². The van der Waals surface area contributed by atoms with E-state index in [9.17, 15) is 22.4 Å². The van der Waals surface area contributed by atoms with Crippen molar-refractivity contribution in [3.8, 4) is 0 Å². The van der Waals surface area contributed by atoms with Gasteiger partial charge >= 0.3 is 5.97 Å². The maximum Gasteiger partial charge on any atom is 0.338 e. The second kappa shape index (κ2) is 7.73. The maximum absolute atomic E-state index is 12.9. The van der Waals surface area contributed by atoms with E-state index in [0.29, 0.717) is 22.3 Å². The molecule has 0 bridgehead atoms. The fourth-order valence-corrected chi connectivity index (χ4v) is 5.21. The van der Waals surface area contributed by atoms with Gasteiger partial charge in [-0.25, -0.2) is 17.6 Å². The summed E-state index contributed by atoms with van der Waals surface area (Å²) in [5.74, 6) is -1.75. The smallest absolute Gasteiger partial charge is 0.338 e. The molecular weight excluding hydrogens is 433 g/mol. The molecule has 4 rings (SSSR count).